The molecular formula is C27H27ClN2O5. The first-order chi connectivity index (χ1) is 16.8. The smallest absolute Gasteiger partial charge is 0.336 e. The zero-order valence-electron chi connectivity index (χ0n) is 19.9. The van der Waals surface area contributed by atoms with E-state index >= 15 is 0 Å². The Morgan fingerprint density at radius 3 is 2.66 bits per heavy atom. The Labute approximate surface area is 208 Å². The summed E-state index contributed by atoms with van der Waals surface area (Å²) >= 11 is 6.54. The number of amides is 1. The fourth-order valence-electron chi connectivity index (χ4n) is 4.26. The number of nitrogens with zero attached hydrogens (tertiary/aromatic N) is 2. The lowest BCUT2D eigenvalue weighted by atomic mass is 9.86. The molecule has 0 radical (unpaired) electrons. The third kappa shape index (κ3) is 5.10. The predicted octanol–water partition coefficient (Wildman–Crippen LogP) is 5.33. The number of hydrogen-bond donors (Lipinski definition) is 1. The van der Waals surface area contributed by atoms with Gasteiger partial charge in [0.15, 0.2) is 18.1 Å². The standard InChI is InChI=1S/C27H27ClN2O5/c1-4-34-22-14-16(13-20(28)26(22)35-15-23(31)30(2)3)12-17-8-7-10-19-24(27(32)33)18-9-5-6-11-21(18)29-25(17)19/h5-6,9,11-14H,4,7-8,10,15H2,1-3H3,(H,32,33)/b17-12-. The van der Waals surface area contributed by atoms with Crippen LogP contribution in [0.4, 0.5) is 0 Å². The summed E-state index contributed by atoms with van der Waals surface area (Å²) in [5, 5.41) is 10.9. The first-order valence-electron chi connectivity index (χ1n) is 11.4. The molecule has 2 aromatic carbocycles. The maximum atomic E-state index is 12.2. The van der Waals surface area contributed by atoms with E-state index in [1.165, 1.54) is 4.90 Å². The zero-order chi connectivity index (χ0) is 25.1. The molecule has 0 saturated heterocycles. The first kappa shape index (κ1) is 24.5. The summed E-state index contributed by atoms with van der Waals surface area (Å²) in [5.41, 5.74) is 4.15. The van der Waals surface area contributed by atoms with Crippen LogP contribution >= 0.6 is 11.6 Å². The van der Waals surface area contributed by atoms with Crippen molar-refractivity contribution < 1.29 is 24.2 Å². The number of aromatic nitrogens is 1. The maximum Gasteiger partial charge on any atom is 0.336 e. The molecule has 0 unspecified atom stereocenters. The Hall–Kier alpha value is -3.58. The lowest BCUT2D eigenvalue weighted by Crippen LogP contribution is -2.27. The Balaban J connectivity index is 1.78. The third-order valence-corrected chi connectivity index (χ3v) is 6.18. The minimum Gasteiger partial charge on any atom is -0.490 e. The number of benzene rings is 2. The number of carboxylic acid groups (broad SMARTS) is 1. The van der Waals surface area contributed by atoms with Gasteiger partial charge in [-0.3, -0.25) is 4.79 Å². The van der Waals surface area contributed by atoms with Gasteiger partial charge < -0.3 is 19.5 Å². The van der Waals surface area contributed by atoms with E-state index in [4.69, 9.17) is 26.1 Å². The molecule has 0 atom stereocenters. The first-order valence-corrected chi connectivity index (χ1v) is 11.8. The van der Waals surface area contributed by atoms with Crippen LogP contribution in [0.5, 0.6) is 11.5 Å². The van der Waals surface area contributed by atoms with Gasteiger partial charge in [-0.05, 0) is 67.2 Å². The Kier molecular flexibility index (Phi) is 7.26. The molecule has 1 heterocycles. The van der Waals surface area contributed by atoms with Gasteiger partial charge in [-0.25, -0.2) is 9.78 Å². The quantitative estimate of drug-likeness (QED) is 0.477. The van der Waals surface area contributed by atoms with Crippen molar-refractivity contribution in [3.8, 4) is 11.5 Å². The van der Waals surface area contributed by atoms with Gasteiger partial charge in [-0.15, -0.1) is 0 Å². The van der Waals surface area contributed by atoms with Crippen LogP contribution in [0.15, 0.2) is 36.4 Å². The van der Waals surface area contributed by atoms with Gasteiger partial charge in [0.05, 0.1) is 28.4 Å². The molecular weight excluding hydrogens is 468 g/mol. The van der Waals surface area contributed by atoms with Crippen LogP contribution in [-0.2, 0) is 11.2 Å². The molecule has 0 fully saturated rings. The summed E-state index contributed by atoms with van der Waals surface area (Å²) in [6, 6.07) is 10.9. The van der Waals surface area contributed by atoms with Crippen LogP contribution in [0, 0.1) is 0 Å². The maximum absolute atomic E-state index is 12.2. The lowest BCUT2D eigenvalue weighted by Gasteiger charge is -2.22. The van der Waals surface area contributed by atoms with E-state index < -0.39 is 5.97 Å². The van der Waals surface area contributed by atoms with Crippen LogP contribution < -0.4 is 9.47 Å². The topological polar surface area (TPSA) is 89.0 Å². The van der Waals surface area contributed by atoms with Crippen molar-refractivity contribution in [3.05, 3.63) is 63.8 Å². The van der Waals surface area contributed by atoms with Gasteiger partial charge in [0, 0.05) is 19.5 Å². The molecule has 8 heteroatoms. The number of likely N-dealkylation sites (N-methyl/N-ethyl adjacent to an activating group) is 1. The van der Waals surface area contributed by atoms with Crippen LogP contribution in [0.25, 0.3) is 22.6 Å². The fraction of sp³-hybridized carbons (Fsp3) is 0.296. The number of carboxylic acids is 1. The Bertz CT molecular complexity index is 1330. The van der Waals surface area contributed by atoms with E-state index in [0.717, 1.165) is 29.5 Å². The zero-order valence-corrected chi connectivity index (χ0v) is 20.7. The van der Waals surface area contributed by atoms with Gasteiger partial charge in [0.1, 0.15) is 0 Å². The molecule has 1 amide bonds. The second-order valence-electron chi connectivity index (χ2n) is 8.50. The van der Waals surface area contributed by atoms with Gasteiger partial charge >= 0.3 is 5.97 Å². The monoisotopic (exact) mass is 494 g/mol. The van der Waals surface area contributed by atoms with E-state index in [9.17, 15) is 14.7 Å². The van der Waals surface area contributed by atoms with Crippen LogP contribution in [-0.4, -0.2) is 54.2 Å². The van der Waals surface area contributed by atoms with Crippen molar-refractivity contribution >= 4 is 46.0 Å². The second kappa shape index (κ2) is 10.4. The Morgan fingerprint density at radius 2 is 1.94 bits per heavy atom. The number of carbonyl (C=O) groups is 2. The summed E-state index contributed by atoms with van der Waals surface area (Å²) in [6.45, 7) is 2.09. The molecule has 182 valence electrons. The van der Waals surface area contributed by atoms with Crippen LogP contribution in [0.1, 0.15) is 46.9 Å². The molecule has 7 nitrogen and oxygen atoms in total. The summed E-state index contributed by atoms with van der Waals surface area (Å²) in [6.07, 6.45) is 4.20. The molecule has 0 bridgehead atoms. The average molecular weight is 495 g/mol. The minimum absolute atomic E-state index is 0.157. The van der Waals surface area contributed by atoms with Crippen molar-refractivity contribution in [2.45, 2.75) is 26.2 Å². The predicted molar refractivity (Wildman–Crippen MR) is 136 cm³/mol. The molecule has 4 rings (SSSR count). The normalized spacial score (nSPS) is 14.0. The molecule has 0 spiro atoms. The SMILES string of the molecule is CCOc1cc(/C=C2/CCCc3c2nc2ccccc2c3C(=O)O)cc(Cl)c1OCC(=O)N(C)C. The molecule has 0 aliphatic heterocycles. The molecule has 1 aliphatic carbocycles. The number of hydrogen-bond acceptors (Lipinski definition) is 5. The van der Waals surface area contributed by atoms with Crippen molar-refractivity contribution in [1.82, 2.24) is 9.88 Å². The number of pyridine rings is 1. The lowest BCUT2D eigenvalue weighted by molar-refractivity contribution is -0.130. The van der Waals surface area contributed by atoms with Gasteiger partial charge in [-0.1, -0.05) is 29.8 Å². The Morgan fingerprint density at radius 1 is 1.17 bits per heavy atom. The van der Waals surface area contributed by atoms with Gasteiger partial charge in [0.25, 0.3) is 5.91 Å². The third-order valence-electron chi connectivity index (χ3n) is 5.90. The summed E-state index contributed by atoms with van der Waals surface area (Å²) in [4.78, 5) is 30.4. The molecule has 0 saturated carbocycles. The number of rotatable bonds is 7. The molecule has 1 N–H and O–H groups in total. The fourth-order valence-corrected chi connectivity index (χ4v) is 4.53. The van der Waals surface area contributed by atoms with Crippen molar-refractivity contribution in [2.75, 3.05) is 27.3 Å². The molecule has 1 aromatic heterocycles. The number of fused-ring (bicyclic) bond motifs is 2. The van der Waals surface area contributed by atoms with Crippen LogP contribution in [0.3, 0.4) is 0 Å². The summed E-state index contributed by atoms with van der Waals surface area (Å²) in [7, 11) is 3.31. The van der Waals surface area contributed by atoms with Crippen molar-refractivity contribution in [2.24, 2.45) is 0 Å². The van der Waals surface area contributed by atoms with E-state index in [0.29, 0.717) is 51.7 Å². The number of para-hydroxylation sites is 1. The number of aromatic carboxylic acids is 1. The largest absolute Gasteiger partial charge is 0.490 e. The average Bonchev–Trinajstić information content (AvgIpc) is 2.82. The van der Waals surface area contributed by atoms with Crippen molar-refractivity contribution in [1.29, 1.82) is 0 Å². The summed E-state index contributed by atoms with van der Waals surface area (Å²) < 4.78 is 11.4. The molecule has 1 aliphatic rings. The minimum atomic E-state index is -0.948. The number of carbonyl (C=O) groups excluding carboxylic acids is 1. The van der Waals surface area contributed by atoms with E-state index in [-0.39, 0.29) is 12.5 Å². The second-order valence-corrected chi connectivity index (χ2v) is 8.91. The number of halogens is 1. The molecule has 3 aromatic rings. The number of ether oxygens (including phenoxy) is 2. The van der Waals surface area contributed by atoms with Gasteiger partial charge in [0.2, 0.25) is 0 Å². The highest BCUT2D eigenvalue weighted by molar-refractivity contribution is 6.32. The highest BCUT2D eigenvalue weighted by atomic mass is 35.5. The summed E-state index contributed by atoms with van der Waals surface area (Å²) in [5.74, 6) is -0.392. The van der Waals surface area contributed by atoms with Crippen molar-refractivity contribution in [3.63, 3.8) is 0 Å². The highest BCUT2D eigenvalue weighted by Gasteiger charge is 2.25. The van der Waals surface area contributed by atoms with Gasteiger partial charge in [-0.2, -0.15) is 0 Å². The van der Waals surface area contributed by atoms with E-state index in [1.54, 1.807) is 26.2 Å². The number of allylic oxidation sites excluding steroid dienone is 1. The molecule has 35 heavy (non-hydrogen) atoms. The van der Waals surface area contributed by atoms with Crippen LogP contribution in [0.2, 0.25) is 5.02 Å². The highest BCUT2D eigenvalue weighted by Crippen LogP contribution is 2.40. The van der Waals surface area contributed by atoms with E-state index in [1.807, 2.05) is 37.3 Å². The van der Waals surface area contributed by atoms with E-state index in [2.05, 4.69) is 0 Å².